The summed E-state index contributed by atoms with van der Waals surface area (Å²) in [6.07, 6.45) is 3.08. The van der Waals surface area contributed by atoms with Crippen molar-refractivity contribution in [3.05, 3.63) is 46.0 Å². The first-order valence-electron chi connectivity index (χ1n) is 11.5. The van der Waals surface area contributed by atoms with Crippen LogP contribution in [0.5, 0.6) is 0 Å². The summed E-state index contributed by atoms with van der Waals surface area (Å²) >= 11 is 1.26. The smallest absolute Gasteiger partial charge is 0.273 e. The lowest BCUT2D eigenvalue weighted by Gasteiger charge is -2.32. The van der Waals surface area contributed by atoms with Gasteiger partial charge < -0.3 is 15.5 Å². The molecule has 0 aliphatic carbocycles. The number of hydrogen-bond acceptors (Lipinski definition) is 7. The third-order valence-corrected chi connectivity index (χ3v) is 6.94. The second-order valence-corrected chi connectivity index (χ2v) is 10.1. The van der Waals surface area contributed by atoms with Crippen LogP contribution >= 0.6 is 11.3 Å². The van der Waals surface area contributed by atoms with Crippen LogP contribution in [0.4, 0.5) is 10.8 Å². The molecule has 0 radical (unpaired) electrons. The monoisotopic (exact) mass is 482 g/mol. The van der Waals surface area contributed by atoms with Gasteiger partial charge >= 0.3 is 0 Å². The van der Waals surface area contributed by atoms with E-state index in [1.807, 2.05) is 45.9 Å². The van der Waals surface area contributed by atoms with Crippen molar-refractivity contribution in [1.82, 2.24) is 19.9 Å². The van der Waals surface area contributed by atoms with Crippen LogP contribution in [-0.4, -0.2) is 45.5 Å². The van der Waals surface area contributed by atoms with E-state index in [0.29, 0.717) is 22.0 Å². The molecule has 1 fully saturated rings. The van der Waals surface area contributed by atoms with Crippen molar-refractivity contribution in [3.8, 4) is 0 Å². The van der Waals surface area contributed by atoms with E-state index in [1.165, 1.54) is 22.2 Å². The fourth-order valence-electron chi connectivity index (χ4n) is 4.07. The largest absolute Gasteiger partial charge is 0.354 e. The van der Waals surface area contributed by atoms with Gasteiger partial charge in [0.15, 0.2) is 10.8 Å². The summed E-state index contributed by atoms with van der Waals surface area (Å²) in [5, 5.41) is 6.54. The van der Waals surface area contributed by atoms with Crippen LogP contribution in [-0.2, 0) is 16.1 Å². The zero-order valence-electron chi connectivity index (χ0n) is 19.9. The van der Waals surface area contributed by atoms with Crippen LogP contribution in [0.25, 0.3) is 10.3 Å². The first kappa shape index (κ1) is 23.9. The number of amides is 2. The number of nitrogens with zero attached hydrogens (tertiary/aromatic N) is 4. The summed E-state index contributed by atoms with van der Waals surface area (Å²) < 4.78 is 1.71. The number of rotatable bonds is 6. The quantitative estimate of drug-likeness (QED) is 0.559. The van der Waals surface area contributed by atoms with Gasteiger partial charge in [-0.3, -0.25) is 19.0 Å². The molecule has 3 heterocycles. The molecule has 2 aromatic heterocycles. The summed E-state index contributed by atoms with van der Waals surface area (Å²) in [5.74, 6) is -0.352. The second-order valence-electron chi connectivity index (χ2n) is 9.14. The van der Waals surface area contributed by atoms with E-state index in [0.717, 1.165) is 36.2 Å². The molecule has 4 rings (SSSR count). The van der Waals surface area contributed by atoms with Gasteiger partial charge in [-0.25, -0.2) is 4.98 Å². The molecule has 1 saturated heterocycles. The zero-order valence-corrected chi connectivity index (χ0v) is 20.7. The van der Waals surface area contributed by atoms with E-state index < -0.39 is 0 Å². The van der Waals surface area contributed by atoms with E-state index in [2.05, 4.69) is 25.5 Å². The number of nitrogens with one attached hydrogen (secondary N) is 2. The van der Waals surface area contributed by atoms with Crippen LogP contribution in [0.1, 0.15) is 37.8 Å². The normalized spacial score (nSPS) is 16.1. The standard InChI is InChI=1S/C24H30N6O3S/c1-14(2)26-22(32)17-6-5-9-29(11-17)24-28-21-20(34-24)23(33)30(13-25-21)12-19(31)27-18-10-15(3)7-8-16(18)4/h7-8,10,13-14,17H,5-6,9,11-12H2,1-4H3,(H,26,32)(H,27,31). The van der Waals surface area contributed by atoms with Crippen molar-refractivity contribution in [2.75, 3.05) is 23.3 Å². The van der Waals surface area contributed by atoms with Crippen LogP contribution in [0.15, 0.2) is 29.3 Å². The van der Waals surface area contributed by atoms with E-state index >= 15 is 0 Å². The van der Waals surface area contributed by atoms with Crippen LogP contribution in [0.2, 0.25) is 0 Å². The highest BCUT2D eigenvalue weighted by Gasteiger charge is 2.28. The number of benzene rings is 1. The fourth-order valence-corrected chi connectivity index (χ4v) is 5.07. The highest BCUT2D eigenvalue weighted by atomic mass is 32.1. The topological polar surface area (TPSA) is 109 Å². The summed E-state index contributed by atoms with van der Waals surface area (Å²) in [4.78, 5) is 49.1. The third kappa shape index (κ3) is 5.27. The van der Waals surface area contributed by atoms with E-state index in [9.17, 15) is 14.4 Å². The SMILES string of the molecule is Cc1ccc(C)c(NC(=O)Cn2cnc3nc(N4CCCC(C(=O)NC(C)C)C4)sc3c2=O)c1. The predicted molar refractivity (Wildman–Crippen MR) is 134 cm³/mol. The lowest BCUT2D eigenvalue weighted by Crippen LogP contribution is -2.44. The minimum atomic E-state index is -0.295. The highest BCUT2D eigenvalue weighted by molar-refractivity contribution is 7.22. The van der Waals surface area contributed by atoms with Crippen LogP contribution < -0.4 is 21.1 Å². The average Bonchev–Trinajstić information content (AvgIpc) is 3.23. The minimum Gasteiger partial charge on any atom is -0.354 e. The molecule has 2 amide bonds. The lowest BCUT2D eigenvalue weighted by molar-refractivity contribution is -0.125. The van der Waals surface area contributed by atoms with Crippen LogP contribution in [0.3, 0.4) is 0 Å². The Bertz CT molecular complexity index is 1280. The molecule has 9 nitrogen and oxygen atoms in total. The molecule has 1 aliphatic heterocycles. The van der Waals surface area contributed by atoms with Crippen molar-refractivity contribution < 1.29 is 9.59 Å². The summed E-state index contributed by atoms with van der Waals surface area (Å²) in [6, 6.07) is 5.93. The van der Waals surface area contributed by atoms with Crippen LogP contribution in [0, 0.1) is 19.8 Å². The molecule has 180 valence electrons. The number of aromatic nitrogens is 3. The molecule has 1 aliphatic rings. The first-order chi connectivity index (χ1) is 16.2. The van der Waals surface area contributed by atoms with Crippen molar-refractivity contribution in [2.24, 2.45) is 5.92 Å². The summed E-state index contributed by atoms with van der Waals surface area (Å²) in [5.41, 5.74) is 2.79. The van der Waals surface area contributed by atoms with Crippen molar-refractivity contribution >= 4 is 44.3 Å². The Labute approximate surface area is 202 Å². The van der Waals surface area contributed by atoms with Crippen molar-refractivity contribution in [2.45, 2.75) is 53.1 Å². The number of fused-ring (bicyclic) bond motifs is 1. The van der Waals surface area contributed by atoms with E-state index in [-0.39, 0.29) is 35.9 Å². The molecule has 2 N–H and O–H groups in total. The number of anilines is 2. The Hall–Kier alpha value is -3.27. The Morgan fingerprint density at radius 2 is 2.06 bits per heavy atom. The molecule has 1 aromatic carbocycles. The molecule has 1 unspecified atom stereocenters. The number of piperidine rings is 1. The minimum absolute atomic E-state index is 0.0520. The number of hydrogen-bond donors (Lipinski definition) is 2. The molecule has 0 saturated carbocycles. The van der Waals surface area contributed by atoms with E-state index in [4.69, 9.17) is 0 Å². The van der Waals surface area contributed by atoms with Crippen molar-refractivity contribution in [1.29, 1.82) is 0 Å². The number of aryl methyl sites for hydroxylation is 2. The maximum atomic E-state index is 13.1. The van der Waals surface area contributed by atoms with Gasteiger partial charge in [-0.15, -0.1) is 0 Å². The summed E-state index contributed by atoms with van der Waals surface area (Å²) in [7, 11) is 0. The number of thiazole rings is 1. The fraction of sp³-hybridized carbons (Fsp3) is 0.458. The van der Waals surface area contributed by atoms with Gasteiger partial charge in [-0.05, 0) is 57.7 Å². The van der Waals surface area contributed by atoms with Gasteiger partial charge in [0.1, 0.15) is 17.6 Å². The molecule has 34 heavy (non-hydrogen) atoms. The highest BCUT2D eigenvalue weighted by Crippen LogP contribution is 2.29. The molecular formula is C24H30N6O3S. The molecule has 0 bridgehead atoms. The van der Waals surface area contributed by atoms with Gasteiger partial charge in [0.2, 0.25) is 11.8 Å². The van der Waals surface area contributed by atoms with E-state index in [1.54, 1.807) is 0 Å². The number of carbonyl (C=O) groups is 2. The Balaban J connectivity index is 1.50. The maximum absolute atomic E-state index is 13.1. The molecule has 3 aromatic rings. The van der Waals surface area contributed by atoms with Crippen molar-refractivity contribution in [3.63, 3.8) is 0 Å². The second kappa shape index (κ2) is 9.92. The first-order valence-corrected chi connectivity index (χ1v) is 12.3. The Morgan fingerprint density at radius 1 is 1.26 bits per heavy atom. The van der Waals surface area contributed by atoms with Gasteiger partial charge in [0.25, 0.3) is 5.56 Å². The maximum Gasteiger partial charge on any atom is 0.273 e. The Morgan fingerprint density at radius 3 is 2.82 bits per heavy atom. The predicted octanol–water partition coefficient (Wildman–Crippen LogP) is 2.85. The molecule has 0 spiro atoms. The van der Waals surface area contributed by atoms with Gasteiger partial charge in [0, 0.05) is 24.8 Å². The molecular weight excluding hydrogens is 452 g/mol. The zero-order chi connectivity index (χ0) is 24.4. The molecule has 1 atom stereocenters. The average molecular weight is 483 g/mol. The van der Waals surface area contributed by atoms with Gasteiger partial charge in [-0.1, -0.05) is 23.5 Å². The lowest BCUT2D eigenvalue weighted by atomic mass is 9.97. The Kier molecular flexibility index (Phi) is 6.97. The third-order valence-electron chi connectivity index (χ3n) is 5.85. The number of carbonyl (C=O) groups excluding carboxylic acids is 2. The molecule has 10 heteroatoms. The van der Waals surface area contributed by atoms with Gasteiger partial charge in [0.05, 0.1) is 5.92 Å². The van der Waals surface area contributed by atoms with Gasteiger partial charge in [-0.2, -0.15) is 4.98 Å². The summed E-state index contributed by atoms with van der Waals surface area (Å²) in [6.45, 7) is 8.98.